The van der Waals surface area contributed by atoms with Crippen molar-refractivity contribution in [1.82, 2.24) is 4.90 Å². The average molecular weight is 354 g/mol. The first-order valence-electron chi connectivity index (χ1n) is 9.30. The number of anilines is 1. The zero-order valence-corrected chi connectivity index (χ0v) is 15.3. The van der Waals surface area contributed by atoms with Gasteiger partial charge in [-0.3, -0.25) is 4.79 Å². The first kappa shape index (κ1) is 17.3. The lowest BCUT2D eigenvalue weighted by molar-refractivity contribution is -0.0372. The first-order valence-corrected chi connectivity index (χ1v) is 9.30. The fourth-order valence-corrected chi connectivity index (χ4v) is 4.60. The molecule has 2 aromatic carbocycles. The van der Waals surface area contributed by atoms with Crippen molar-refractivity contribution in [1.29, 1.82) is 0 Å². The highest BCUT2D eigenvalue weighted by molar-refractivity contribution is 6.10. The van der Waals surface area contributed by atoms with E-state index in [1.165, 1.54) is 0 Å². The first-order chi connectivity index (χ1) is 12.5. The summed E-state index contributed by atoms with van der Waals surface area (Å²) >= 11 is 0. The fourth-order valence-electron chi connectivity index (χ4n) is 4.60. The van der Waals surface area contributed by atoms with Crippen molar-refractivity contribution in [2.75, 3.05) is 32.1 Å². The van der Waals surface area contributed by atoms with Crippen LogP contribution in [0.5, 0.6) is 0 Å². The summed E-state index contributed by atoms with van der Waals surface area (Å²) in [5.74, 6) is 0.610. The third kappa shape index (κ3) is 2.85. The number of carbonyl (C=O) groups excluding carboxylic acids is 1. The Morgan fingerprint density at radius 2 is 1.54 bits per heavy atom. The molecule has 1 saturated heterocycles. The molecule has 1 aliphatic carbocycles. The van der Waals surface area contributed by atoms with E-state index in [1.807, 2.05) is 49.3 Å². The van der Waals surface area contributed by atoms with Gasteiger partial charge in [0.25, 0.3) is 5.91 Å². The molecule has 2 aliphatic rings. The van der Waals surface area contributed by atoms with Gasteiger partial charge in [-0.15, -0.1) is 0 Å². The molecule has 2 N–H and O–H groups in total. The summed E-state index contributed by atoms with van der Waals surface area (Å²) in [6.45, 7) is 1.33. The van der Waals surface area contributed by atoms with E-state index in [0.29, 0.717) is 25.9 Å². The van der Waals surface area contributed by atoms with Gasteiger partial charge in [0.15, 0.2) is 0 Å². The van der Waals surface area contributed by atoms with E-state index >= 15 is 0 Å². The maximum atomic E-state index is 13.2. The van der Waals surface area contributed by atoms with Crippen molar-refractivity contribution in [3.05, 3.63) is 42.0 Å². The van der Waals surface area contributed by atoms with E-state index in [2.05, 4.69) is 11.0 Å². The number of carbonyl (C=O) groups is 1. The quantitative estimate of drug-likeness (QED) is 0.867. The zero-order chi connectivity index (χ0) is 18.4. The van der Waals surface area contributed by atoms with E-state index in [9.17, 15) is 15.0 Å². The highest BCUT2D eigenvalue weighted by Gasteiger charge is 2.42. The van der Waals surface area contributed by atoms with Crippen molar-refractivity contribution in [2.45, 2.75) is 25.0 Å². The summed E-state index contributed by atoms with van der Waals surface area (Å²) in [7, 11) is 4.01. The maximum Gasteiger partial charge on any atom is 0.254 e. The molecule has 1 amide bonds. The maximum absolute atomic E-state index is 13.2. The van der Waals surface area contributed by atoms with Crippen molar-refractivity contribution in [2.24, 2.45) is 11.8 Å². The number of aliphatic hydroxyl groups excluding tert-OH is 2. The molecule has 26 heavy (non-hydrogen) atoms. The average Bonchev–Trinajstić information content (AvgIpc) is 3.03. The number of nitrogens with zero attached hydrogens (tertiary/aromatic N) is 2. The van der Waals surface area contributed by atoms with E-state index in [1.54, 1.807) is 0 Å². The summed E-state index contributed by atoms with van der Waals surface area (Å²) in [6.07, 6.45) is -0.163. The minimum Gasteiger partial charge on any atom is -0.390 e. The van der Waals surface area contributed by atoms with Crippen LogP contribution in [0.2, 0.25) is 0 Å². The van der Waals surface area contributed by atoms with E-state index < -0.39 is 12.2 Å². The Morgan fingerprint density at radius 1 is 0.962 bits per heavy atom. The SMILES string of the molecule is CN(C)c1ccc(C(=O)N2C[C@H]3C[C@H](O)[C@H](O)C[C@H]3C2)c2ccccc12. The number of hydrogen-bond donors (Lipinski definition) is 2. The molecule has 0 unspecified atom stereocenters. The van der Waals surface area contributed by atoms with Crippen molar-refractivity contribution in [3.8, 4) is 0 Å². The molecule has 1 aliphatic heterocycles. The lowest BCUT2D eigenvalue weighted by atomic mass is 9.79. The molecule has 138 valence electrons. The van der Waals surface area contributed by atoms with Gasteiger partial charge in [0.2, 0.25) is 0 Å². The summed E-state index contributed by atoms with van der Waals surface area (Å²) in [6, 6.07) is 12.0. The molecule has 5 nitrogen and oxygen atoms in total. The molecule has 1 heterocycles. The van der Waals surface area contributed by atoms with E-state index in [4.69, 9.17) is 0 Å². The minimum absolute atomic E-state index is 0.0462. The van der Waals surface area contributed by atoms with Gasteiger partial charge in [0.1, 0.15) is 0 Å². The van der Waals surface area contributed by atoms with Gasteiger partial charge in [-0.25, -0.2) is 0 Å². The second kappa shape index (κ2) is 6.56. The Kier molecular flexibility index (Phi) is 4.37. The normalized spacial score (nSPS) is 28.2. The Hall–Kier alpha value is -2.11. The van der Waals surface area contributed by atoms with Gasteiger partial charge in [-0.05, 0) is 42.2 Å². The summed E-state index contributed by atoms with van der Waals surface area (Å²) in [5.41, 5.74) is 1.82. The number of hydrogen-bond acceptors (Lipinski definition) is 4. The topological polar surface area (TPSA) is 64.0 Å². The van der Waals surface area contributed by atoms with Gasteiger partial charge >= 0.3 is 0 Å². The second-order valence-corrected chi connectivity index (χ2v) is 7.91. The molecule has 1 saturated carbocycles. The molecule has 0 aromatic heterocycles. The molecule has 0 bridgehead atoms. The van der Waals surface area contributed by atoms with Crippen LogP contribution in [0.4, 0.5) is 5.69 Å². The highest BCUT2D eigenvalue weighted by atomic mass is 16.3. The molecule has 5 heteroatoms. The Labute approximate surface area is 153 Å². The molecule has 0 radical (unpaired) electrons. The van der Waals surface area contributed by atoms with Crippen LogP contribution < -0.4 is 4.90 Å². The number of fused-ring (bicyclic) bond motifs is 2. The summed E-state index contributed by atoms with van der Waals surface area (Å²) in [5, 5.41) is 21.9. The molecule has 0 spiro atoms. The van der Waals surface area contributed by atoms with Gasteiger partial charge in [0, 0.05) is 43.8 Å². The molecular weight excluding hydrogens is 328 g/mol. The van der Waals surface area contributed by atoms with Crippen LogP contribution >= 0.6 is 0 Å². The molecule has 2 aromatic rings. The number of rotatable bonds is 2. The van der Waals surface area contributed by atoms with Crippen molar-refractivity contribution in [3.63, 3.8) is 0 Å². The van der Waals surface area contributed by atoms with Crippen LogP contribution in [-0.4, -0.2) is 60.4 Å². The minimum atomic E-state index is -0.661. The van der Waals surface area contributed by atoms with Crippen LogP contribution in [-0.2, 0) is 0 Å². The predicted octanol–water partition coefficient (Wildman–Crippen LogP) is 2.11. The lowest BCUT2D eigenvalue weighted by Crippen LogP contribution is -2.38. The van der Waals surface area contributed by atoms with Crippen molar-refractivity contribution >= 4 is 22.4 Å². The monoisotopic (exact) mass is 354 g/mol. The van der Waals surface area contributed by atoms with Crippen LogP contribution in [0.15, 0.2) is 36.4 Å². The van der Waals surface area contributed by atoms with Gasteiger partial charge in [-0.2, -0.15) is 0 Å². The highest BCUT2D eigenvalue weighted by Crippen LogP contribution is 2.38. The van der Waals surface area contributed by atoms with Crippen LogP contribution in [0.25, 0.3) is 10.8 Å². The fraction of sp³-hybridized carbons (Fsp3) is 0.476. The Morgan fingerprint density at radius 3 is 2.12 bits per heavy atom. The summed E-state index contributed by atoms with van der Waals surface area (Å²) in [4.78, 5) is 17.2. The molecular formula is C21H26N2O3. The number of benzene rings is 2. The second-order valence-electron chi connectivity index (χ2n) is 7.91. The van der Waals surface area contributed by atoms with Gasteiger partial charge in [-0.1, -0.05) is 24.3 Å². The third-order valence-corrected chi connectivity index (χ3v) is 6.01. The number of aliphatic hydroxyl groups is 2. The zero-order valence-electron chi connectivity index (χ0n) is 15.3. The van der Waals surface area contributed by atoms with E-state index in [-0.39, 0.29) is 17.7 Å². The van der Waals surface area contributed by atoms with Gasteiger partial charge < -0.3 is 20.0 Å². The van der Waals surface area contributed by atoms with Crippen LogP contribution in [0, 0.1) is 11.8 Å². The number of amides is 1. The molecule has 4 atom stereocenters. The van der Waals surface area contributed by atoms with Crippen LogP contribution in [0.3, 0.4) is 0 Å². The predicted molar refractivity (Wildman–Crippen MR) is 102 cm³/mol. The lowest BCUT2D eigenvalue weighted by Gasteiger charge is -2.31. The Balaban J connectivity index is 1.65. The molecule has 4 rings (SSSR count). The largest absolute Gasteiger partial charge is 0.390 e. The standard InChI is InChI=1S/C21H26N2O3/c1-22(2)18-8-7-17(15-5-3-4-6-16(15)18)21(26)23-11-13-9-19(24)20(25)10-14(13)12-23/h3-8,13-14,19-20,24-25H,9-12H2,1-2H3/t13-,14+,19+,20-. The van der Waals surface area contributed by atoms with Crippen molar-refractivity contribution < 1.29 is 15.0 Å². The Bertz CT molecular complexity index is 817. The van der Waals surface area contributed by atoms with Gasteiger partial charge in [0.05, 0.1) is 12.2 Å². The van der Waals surface area contributed by atoms with E-state index in [0.717, 1.165) is 22.0 Å². The summed E-state index contributed by atoms with van der Waals surface area (Å²) < 4.78 is 0. The third-order valence-electron chi connectivity index (χ3n) is 6.01. The van der Waals surface area contributed by atoms with Crippen LogP contribution in [0.1, 0.15) is 23.2 Å². The molecule has 2 fully saturated rings. The smallest absolute Gasteiger partial charge is 0.254 e. The number of likely N-dealkylation sites (tertiary alicyclic amines) is 1.